The fourth-order valence-electron chi connectivity index (χ4n) is 1.29. The third-order valence-corrected chi connectivity index (χ3v) is 2.02. The topological polar surface area (TPSA) is 47.6 Å². The molecule has 0 saturated heterocycles. The average Bonchev–Trinajstić information content (AvgIpc) is 2.25. The van der Waals surface area contributed by atoms with Crippen LogP contribution < -0.4 is 10.2 Å². The summed E-state index contributed by atoms with van der Waals surface area (Å²) in [6, 6.07) is 5.82. The van der Waals surface area contributed by atoms with Gasteiger partial charge in [-0.3, -0.25) is 9.63 Å². The summed E-state index contributed by atoms with van der Waals surface area (Å²) in [5.41, 5.74) is 4.46. The van der Waals surface area contributed by atoms with E-state index in [1.54, 1.807) is 6.92 Å². The summed E-state index contributed by atoms with van der Waals surface area (Å²) in [6.07, 6.45) is 0. The van der Waals surface area contributed by atoms with Crippen LogP contribution in [0.2, 0.25) is 0 Å². The van der Waals surface area contributed by atoms with Gasteiger partial charge in [-0.05, 0) is 32.4 Å². The number of rotatable bonds is 5. The summed E-state index contributed by atoms with van der Waals surface area (Å²) < 4.78 is 5.36. The van der Waals surface area contributed by atoms with Gasteiger partial charge in [0.25, 0.3) is 5.91 Å². The molecule has 1 aromatic carbocycles. The maximum Gasteiger partial charge on any atom is 0.281 e. The van der Waals surface area contributed by atoms with E-state index in [1.807, 2.05) is 32.0 Å². The molecule has 4 heteroatoms. The predicted octanol–water partition coefficient (Wildman–Crippen LogP) is 1.75. The normalized spacial score (nSPS) is 9.94. The van der Waals surface area contributed by atoms with E-state index in [0.717, 1.165) is 11.3 Å². The van der Waals surface area contributed by atoms with Crippen molar-refractivity contribution in [3.05, 3.63) is 29.3 Å². The van der Waals surface area contributed by atoms with Crippen molar-refractivity contribution in [1.29, 1.82) is 0 Å². The third-order valence-electron chi connectivity index (χ3n) is 2.02. The zero-order valence-electron chi connectivity index (χ0n) is 9.87. The van der Waals surface area contributed by atoms with Gasteiger partial charge in [-0.25, -0.2) is 5.48 Å². The molecular formula is C12H17NO3. The van der Waals surface area contributed by atoms with Crippen LogP contribution in [0, 0.1) is 13.8 Å². The molecule has 0 radical (unpaired) electrons. The van der Waals surface area contributed by atoms with Gasteiger partial charge in [-0.1, -0.05) is 17.7 Å². The van der Waals surface area contributed by atoms with Crippen molar-refractivity contribution in [3.8, 4) is 5.75 Å². The maximum atomic E-state index is 11.2. The lowest BCUT2D eigenvalue weighted by atomic mass is 10.1. The molecule has 0 aliphatic rings. The number of ether oxygens (including phenoxy) is 1. The second kappa shape index (κ2) is 6.12. The number of carbonyl (C=O) groups is 1. The molecule has 0 bridgehead atoms. The highest BCUT2D eigenvalue weighted by atomic mass is 16.7. The van der Waals surface area contributed by atoms with Crippen LogP contribution in [-0.4, -0.2) is 19.1 Å². The summed E-state index contributed by atoms with van der Waals surface area (Å²) in [7, 11) is 0. The van der Waals surface area contributed by atoms with E-state index in [1.165, 1.54) is 5.56 Å². The largest absolute Gasteiger partial charge is 0.483 e. The molecule has 0 unspecified atom stereocenters. The molecule has 0 heterocycles. The van der Waals surface area contributed by atoms with E-state index >= 15 is 0 Å². The van der Waals surface area contributed by atoms with Crippen LogP contribution in [0.15, 0.2) is 18.2 Å². The molecule has 1 aromatic rings. The second-order valence-corrected chi connectivity index (χ2v) is 3.52. The van der Waals surface area contributed by atoms with Crippen LogP contribution >= 0.6 is 0 Å². The summed E-state index contributed by atoms with van der Waals surface area (Å²) >= 11 is 0. The van der Waals surface area contributed by atoms with Crippen LogP contribution in [0.25, 0.3) is 0 Å². The average molecular weight is 223 g/mol. The zero-order chi connectivity index (χ0) is 12.0. The van der Waals surface area contributed by atoms with Crippen molar-refractivity contribution >= 4 is 5.91 Å². The molecule has 0 aliphatic heterocycles. The first-order valence-corrected chi connectivity index (χ1v) is 5.24. The van der Waals surface area contributed by atoms with Gasteiger partial charge in [0.2, 0.25) is 0 Å². The number of hydrogen-bond donors (Lipinski definition) is 1. The Bertz CT molecular complexity index is 363. The molecule has 0 saturated carbocycles. The smallest absolute Gasteiger partial charge is 0.281 e. The van der Waals surface area contributed by atoms with Crippen molar-refractivity contribution in [1.82, 2.24) is 5.48 Å². The van der Waals surface area contributed by atoms with Crippen LogP contribution in [0.5, 0.6) is 5.75 Å². The molecule has 16 heavy (non-hydrogen) atoms. The first kappa shape index (κ1) is 12.5. The van der Waals surface area contributed by atoms with E-state index in [4.69, 9.17) is 9.57 Å². The van der Waals surface area contributed by atoms with Gasteiger partial charge in [-0.2, -0.15) is 0 Å². The highest BCUT2D eigenvalue weighted by molar-refractivity contribution is 5.76. The second-order valence-electron chi connectivity index (χ2n) is 3.52. The summed E-state index contributed by atoms with van der Waals surface area (Å²) in [6.45, 7) is 6.16. The van der Waals surface area contributed by atoms with Crippen molar-refractivity contribution in [3.63, 3.8) is 0 Å². The zero-order valence-corrected chi connectivity index (χ0v) is 9.87. The van der Waals surface area contributed by atoms with Crippen LogP contribution in [-0.2, 0) is 9.63 Å². The molecule has 0 fully saturated rings. The molecular weight excluding hydrogens is 206 g/mol. The minimum Gasteiger partial charge on any atom is -0.483 e. The minimum atomic E-state index is -0.290. The van der Waals surface area contributed by atoms with Crippen LogP contribution in [0.1, 0.15) is 18.1 Å². The Morgan fingerprint density at radius 2 is 2.12 bits per heavy atom. The van der Waals surface area contributed by atoms with Gasteiger partial charge in [0, 0.05) is 0 Å². The number of nitrogens with one attached hydrogen (secondary N) is 1. The molecule has 1 N–H and O–H groups in total. The van der Waals surface area contributed by atoms with Gasteiger partial charge < -0.3 is 4.74 Å². The van der Waals surface area contributed by atoms with Gasteiger partial charge >= 0.3 is 0 Å². The summed E-state index contributed by atoms with van der Waals surface area (Å²) in [4.78, 5) is 15.9. The highest BCUT2D eigenvalue weighted by Gasteiger charge is 2.04. The number of benzene rings is 1. The van der Waals surface area contributed by atoms with Gasteiger partial charge in [0.1, 0.15) is 5.75 Å². The monoisotopic (exact) mass is 223 g/mol. The maximum absolute atomic E-state index is 11.2. The third kappa shape index (κ3) is 3.90. The Morgan fingerprint density at radius 3 is 2.75 bits per heavy atom. The molecule has 88 valence electrons. The lowest BCUT2D eigenvalue weighted by molar-refractivity contribution is -0.135. The lowest BCUT2D eigenvalue weighted by Crippen LogP contribution is -2.29. The first-order chi connectivity index (χ1) is 7.63. The predicted molar refractivity (Wildman–Crippen MR) is 61.2 cm³/mol. The lowest BCUT2D eigenvalue weighted by Gasteiger charge is -2.09. The highest BCUT2D eigenvalue weighted by Crippen LogP contribution is 2.18. The number of amides is 1. The van der Waals surface area contributed by atoms with Gasteiger partial charge in [0.05, 0.1) is 6.61 Å². The Labute approximate surface area is 95.5 Å². The molecule has 0 aliphatic carbocycles. The number of carbonyl (C=O) groups excluding carboxylic acids is 1. The van der Waals surface area contributed by atoms with Crippen molar-refractivity contribution in [2.45, 2.75) is 20.8 Å². The number of aryl methyl sites for hydroxylation is 2. The molecule has 1 rings (SSSR count). The number of hydroxylamine groups is 1. The van der Waals surface area contributed by atoms with Gasteiger partial charge in [0.15, 0.2) is 6.61 Å². The standard InChI is InChI=1S/C12H17NO3/c1-4-16-13-12(14)8-15-11-6-5-9(2)7-10(11)3/h5-7H,4,8H2,1-3H3,(H,13,14). The van der Waals surface area contributed by atoms with Crippen molar-refractivity contribution < 1.29 is 14.4 Å². The Hall–Kier alpha value is -1.55. The molecule has 0 spiro atoms. The van der Waals surface area contributed by atoms with Gasteiger partial charge in [-0.15, -0.1) is 0 Å². The van der Waals surface area contributed by atoms with E-state index in [9.17, 15) is 4.79 Å². The molecule has 0 atom stereocenters. The first-order valence-electron chi connectivity index (χ1n) is 5.24. The molecule has 0 aromatic heterocycles. The number of hydrogen-bond acceptors (Lipinski definition) is 3. The van der Waals surface area contributed by atoms with Crippen LogP contribution in [0.4, 0.5) is 0 Å². The molecule has 4 nitrogen and oxygen atoms in total. The fourth-order valence-corrected chi connectivity index (χ4v) is 1.29. The van der Waals surface area contributed by atoms with E-state index in [0.29, 0.717) is 6.61 Å². The fraction of sp³-hybridized carbons (Fsp3) is 0.417. The Kier molecular flexibility index (Phi) is 4.79. The van der Waals surface area contributed by atoms with Crippen molar-refractivity contribution in [2.75, 3.05) is 13.2 Å². The SMILES string of the molecule is CCONC(=O)COc1ccc(C)cc1C. The molecule has 1 amide bonds. The Balaban J connectivity index is 2.45. The van der Waals surface area contributed by atoms with Crippen LogP contribution in [0.3, 0.4) is 0 Å². The minimum absolute atomic E-state index is 0.0378. The van der Waals surface area contributed by atoms with E-state index < -0.39 is 0 Å². The van der Waals surface area contributed by atoms with Crippen molar-refractivity contribution in [2.24, 2.45) is 0 Å². The van der Waals surface area contributed by atoms with E-state index in [2.05, 4.69) is 5.48 Å². The quantitative estimate of drug-likeness (QED) is 0.774. The van der Waals surface area contributed by atoms with E-state index in [-0.39, 0.29) is 12.5 Å². The Morgan fingerprint density at radius 1 is 1.38 bits per heavy atom. The summed E-state index contributed by atoms with van der Waals surface area (Å²) in [5.74, 6) is 0.430. The summed E-state index contributed by atoms with van der Waals surface area (Å²) in [5, 5.41) is 0.